The highest BCUT2D eigenvalue weighted by Gasteiger charge is 2.55. The van der Waals surface area contributed by atoms with E-state index in [4.69, 9.17) is 4.74 Å². The SMILES string of the molecule is CCC(=O)OC1CCC23CCCC4(CC)C(C=O)CCC4C(CC=C2C1)C3. The number of esters is 1. The molecule has 4 aliphatic carbocycles. The first-order chi connectivity index (χ1) is 13.1. The van der Waals surface area contributed by atoms with Gasteiger partial charge in [0.2, 0.25) is 0 Å². The number of carbonyl (C=O) groups excluding carboxylic acids is 2. The molecule has 0 amide bonds. The molecular weight excluding hydrogens is 336 g/mol. The van der Waals surface area contributed by atoms with Crippen LogP contribution in [-0.2, 0) is 14.3 Å². The Morgan fingerprint density at radius 2 is 2.07 bits per heavy atom. The van der Waals surface area contributed by atoms with Crippen LogP contribution in [0.25, 0.3) is 0 Å². The summed E-state index contributed by atoms with van der Waals surface area (Å²) in [6.45, 7) is 4.20. The molecule has 6 atom stereocenters. The van der Waals surface area contributed by atoms with Crippen molar-refractivity contribution in [2.24, 2.45) is 28.6 Å². The first-order valence-electron chi connectivity index (χ1n) is 11.4. The van der Waals surface area contributed by atoms with Gasteiger partial charge in [0, 0.05) is 18.8 Å². The summed E-state index contributed by atoms with van der Waals surface area (Å²) in [4.78, 5) is 23.6. The molecule has 0 saturated heterocycles. The summed E-state index contributed by atoms with van der Waals surface area (Å²) in [5.74, 6) is 1.70. The van der Waals surface area contributed by atoms with E-state index in [1.165, 1.54) is 51.2 Å². The number of hydrogen-bond donors (Lipinski definition) is 0. The highest BCUT2D eigenvalue weighted by molar-refractivity contribution is 5.69. The molecule has 0 radical (unpaired) electrons. The minimum absolute atomic E-state index is 0.0542. The van der Waals surface area contributed by atoms with Crippen molar-refractivity contribution in [3.63, 3.8) is 0 Å². The van der Waals surface area contributed by atoms with E-state index >= 15 is 0 Å². The number of rotatable bonds is 4. The van der Waals surface area contributed by atoms with Crippen LogP contribution in [-0.4, -0.2) is 18.4 Å². The Labute approximate surface area is 164 Å². The van der Waals surface area contributed by atoms with Gasteiger partial charge in [0.1, 0.15) is 12.4 Å². The molecule has 6 unspecified atom stereocenters. The lowest BCUT2D eigenvalue weighted by atomic mass is 9.52. The van der Waals surface area contributed by atoms with Gasteiger partial charge in [-0.05, 0) is 80.5 Å². The van der Waals surface area contributed by atoms with E-state index in [-0.39, 0.29) is 23.4 Å². The largest absolute Gasteiger partial charge is 0.462 e. The fraction of sp³-hybridized carbons (Fsp3) is 0.833. The van der Waals surface area contributed by atoms with Crippen molar-refractivity contribution in [2.45, 2.75) is 97.0 Å². The minimum atomic E-state index is -0.0542. The van der Waals surface area contributed by atoms with Gasteiger partial charge < -0.3 is 9.53 Å². The molecule has 0 aromatic carbocycles. The molecule has 27 heavy (non-hydrogen) atoms. The van der Waals surface area contributed by atoms with Crippen LogP contribution in [0.1, 0.15) is 90.9 Å². The number of aldehydes is 1. The molecule has 0 aromatic rings. The number of allylic oxidation sites excluding steroid dienone is 1. The molecule has 0 heterocycles. The zero-order chi connectivity index (χ0) is 19.1. The second kappa shape index (κ2) is 7.37. The summed E-state index contributed by atoms with van der Waals surface area (Å²) in [5.41, 5.74) is 2.22. The third kappa shape index (κ3) is 3.09. The van der Waals surface area contributed by atoms with Crippen LogP contribution in [0.4, 0.5) is 0 Å². The number of fused-ring (bicyclic) bond motifs is 3. The quantitative estimate of drug-likeness (QED) is 0.365. The van der Waals surface area contributed by atoms with Gasteiger partial charge in [0.25, 0.3) is 0 Å². The average molecular weight is 373 g/mol. The molecule has 4 aliphatic rings. The highest BCUT2D eigenvalue weighted by Crippen LogP contribution is 2.63. The van der Waals surface area contributed by atoms with Gasteiger partial charge in [-0.1, -0.05) is 31.9 Å². The molecule has 0 N–H and O–H groups in total. The second-order valence-electron chi connectivity index (χ2n) is 9.78. The average Bonchev–Trinajstić information content (AvgIpc) is 3.05. The summed E-state index contributed by atoms with van der Waals surface area (Å²) < 4.78 is 5.69. The first-order valence-corrected chi connectivity index (χ1v) is 11.4. The molecule has 4 rings (SSSR count). The zero-order valence-corrected chi connectivity index (χ0v) is 17.2. The fourth-order valence-electron chi connectivity index (χ4n) is 7.58. The van der Waals surface area contributed by atoms with Crippen molar-refractivity contribution in [1.82, 2.24) is 0 Å². The molecule has 3 heteroatoms. The van der Waals surface area contributed by atoms with Crippen LogP contribution in [0.2, 0.25) is 0 Å². The first kappa shape index (κ1) is 19.2. The zero-order valence-electron chi connectivity index (χ0n) is 17.2. The standard InChI is InChI=1S/C24H36O3/c1-3-22(26)27-20-10-13-23-11-5-12-24(4-2)19(16-25)8-9-21(24)17(15-23)6-7-18(23)14-20/h7,16-17,19-21H,3-6,8-15H2,1-2H3. The van der Waals surface area contributed by atoms with Crippen molar-refractivity contribution < 1.29 is 14.3 Å². The molecule has 3 saturated carbocycles. The summed E-state index contributed by atoms with van der Waals surface area (Å²) in [6, 6.07) is 0. The predicted octanol–water partition coefficient (Wildman–Crippen LogP) is 5.62. The Morgan fingerprint density at radius 1 is 1.22 bits per heavy atom. The van der Waals surface area contributed by atoms with Gasteiger partial charge in [-0.15, -0.1) is 0 Å². The van der Waals surface area contributed by atoms with Crippen molar-refractivity contribution in [3.05, 3.63) is 11.6 Å². The van der Waals surface area contributed by atoms with E-state index < -0.39 is 0 Å². The molecular formula is C24H36O3. The van der Waals surface area contributed by atoms with Crippen LogP contribution in [0.15, 0.2) is 11.6 Å². The summed E-state index contributed by atoms with van der Waals surface area (Å²) in [7, 11) is 0. The molecule has 3 fully saturated rings. The fourth-order valence-corrected chi connectivity index (χ4v) is 7.58. The van der Waals surface area contributed by atoms with Gasteiger partial charge in [-0.25, -0.2) is 0 Å². The van der Waals surface area contributed by atoms with Gasteiger partial charge in [0.05, 0.1) is 0 Å². The molecule has 0 aromatic heterocycles. The number of ether oxygens (including phenoxy) is 1. The monoisotopic (exact) mass is 372 g/mol. The second-order valence-corrected chi connectivity index (χ2v) is 9.78. The van der Waals surface area contributed by atoms with Crippen LogP contribution >= 0.6 is 0 Å². The van der Waals surface area contributed by atoms with Crippen molar-refractivity contribution in [2.75, 3.05) is 0 Å². The van der Waals surface area contributed by atoms with Gasteiger partial charge >= 0.3 is 5.97 Å². The van der Waals surface area contributed by atoms with Gasteiger partial charge in [-0.3, -0.25) is 4.79 Å². The van der Waals surface area contributed by atoms with Crippen LogP contribution in [0.5, 0.6) is 0 Å². The Bertz CT molecular complexity index is 623. The molecule has 3 nitrogen and oxygen atoms in total. The highest BCUT2D eigenvalue weighted by atomic mass is 16.5. The van der Waals surface area contributed by atoms with Crippen LogP contribution in [0.3, 0.4) is 0 Å². The van der Waals surface area contributed by atoms with E-state index in [1.54, 1.807) is 5.57 Å². The third-order valence-electron chi connectivity index (χ3n) is 8.94. The lowest BCUT2D eigenvalue weighted by Crippen LogP contribution is -2.45. The van der Waals surface area contributed by atoms with Gasteiger partial charge in [0.15, 0.2) is 0 Å². The van der Waals surface area contributed by atoms with Crippen molar-refractivity contribution >= 4 is 12.3 Å². The Kier molecular flexibility index (Phi) is 5.24. The molecule has 1 spiro atoms. The number of carbonyl (C=O) groups is 2. The van der Waals surface area contributed by atoms with E-state index in [0.29, 0.717) is 11.8 Å². The molecule has 0 aliphatic heterocycles. The lowest BCUT2D eigenvalue weighted by Gasteiger charge is -2.53. The maximum absolute atomic E-state index is 11.8. The molecule has 150 valence electrons. The van der Waals surface area contributed by atoms with Gasteiger partial charge in [-0.2, -0.15) is 0 Å². The van der Waals surface area contributed by atoms with E-state index in [2.05, 4.69) is 13.0 Å². The van der Waals surface area contributed by atoms with Crippen LogP contribution < -0.4 is 0 Å². The Morgan fingerprint density at radius 3 is 2.81 bits per heavy atom. The maximum Gasteiger partial charge on any atom is 0.305 e. The van der Waals surface area contributed by atoms with E-state index in [1.807, 2.05) is 6.92 Å². The maximum atomic E-state index is 11.8. The molecule has 2 bridgehead atoms. The minimum Gasteiger partial charge on any atom is -0.462 e. The predicted molar refractivity (Wildman–Crippen MR) is 106 cm³/mol. The van der Waals surface area contributed by atoms with Crippen LogP contribution in [0, 0.1) is 28.6 Å². The topological polar surface area (TPSA) is 43.4 Å². The Hall–Kier alpha value is -1.12. The summed E-state index contributed by atoms with van der Waals surface area (Å²) in [5, 5.41) is 0. The summed E-state index contributed by atoms with van der Waals surface area (Å²) >= 11 is 0. The lowest BCUT2D eigenvalue weighted by molar-refractivity contribution is -0.150. The van der Waals surface area contributed by atoms with Crippen molar-refractivity contribution in [1.29, 1.82) is 0 Å². The summed E-state index contributed by atoms with van der Waals surface area (Å²) in [6.07, 6.45) is 17.3. The third-order valence-corrected chi connectivity index (χ3v) is 8.94. The number of hydrogen-bond acceptors (Lipinski definition) is 3. The van der Waals surface area contributed by atoms with E-state index in [9.17, 15) is 9.59 Å². The van der Waals surface area contributed by atoms with E-state index in [0.717, 1.165) is 37.5 Å². The Balaban J connectivity index is 1.57. The normalized spacial score (nSPS) is 43.6. The smallest absolute Gasteiger partial charge is 0.305 e. The van der Waals surface area contributed by atoms with Crippen molar-refractivity contribution in [3.8, 4) is 0 Å².